The fourth-order valence-electron chi connectivity index (χ4n) is 2.18. The van der Waals surface area contributed by atoms with Crippen molar-refractivity contribution < 1.29 is 9.53 Å². The highest BCUT2D eigenvalue weighted by atomic mass is 32.1. The maximum absolute atomic E-state index is 10.6. The molecule has 1 fully saturated rings. The second-order valence-corrected chi connectivity index (χ2v) is 4.81. The van der Waals surface area contributed by atoms with Gasteiger partial charge in [0.15, 0.2) is 6.29 Å². The minimum absolute atomic E-state index is 0.218. The van der Waals surface area contributed by atoms with Gasteiger partial charge >= 0.3 is 0 Å². The first-order chi connectivity index (χ1) is 7.30. The van der Waals surface area contributed by atoms with Crippen molar-refractivity contribution in [1.29, 1.82) is 0 Å². The van der Waals surface area contributed by atoms with Crippen molar-refractivity contribution >= 4 is 17.6 Å². The highest BCUT2D eigenvalue weighted by molar-refractivity contribution is 7.10. The summed E-state index contributed by atoms with van der Waals surface area (Å²) in [6.45, 7) is 0. The fraction of sp³-hybridized carbons (Fsp3) is 0.636. The van der Waals surface area contributed by atoms with Gasteiger partial charge in [0.1, 0.15) is 16.3 Å². The Labute approximate surface area is 93.5 Å². The van der Waals surface area contributed by atoms with E-state index < -0.39 is 0 Å². The van der Waals surface area contributed by atoms with Crippen LogP contribution in [0, 0.1) is 0 Å². The molecule has 0 N–H and O–H groups in total. The van der Waals surface area contributed by atoms with Crippen molar-refractivity contribution in [1.82, 2.24) is 4.98 Å². The van der Waals surface area contributed by atoms with E-state index in [2.05, 4.69) is 4.98 Å². The number of rotatable bonds is 3. The maximum atomic E-state index is 10.6. The second-order valence-electron chi connectivity index (χ2n) is 3.95. The molecule has 2 rings (SSSR count). The Morgan fingerprint density at radius 3 is 2.73 bits per heavy atom. The number of hydrogen-bond acceptors (Lipinski definition) is 4. The molecule has 1 aliphatic rings. The topological polar surface area (TPSA) is 39.2 Å². The van der Waals surface area contributed by atoms with E-state index in [4.69, 9.17) is 4.74 Å². The normalized spacial score (nSPS) is 20.1. The number of ether oxygens (including phenoxy) is 1. The molecule has 1 aliphatic carbocycles. The third-order valence-electron chi connectivity index (χ3n) is 3.08. The molecule has 0 spiro atoms. The highest BCUT2D eigenvalue weighted by Crippen LogP contribution is 2.41. The van der Waals surface area contributed by atoms with Crippen molar-refractivity contribution in [3.05, 3.63) is 16.1 Å². The lowest BCUT2D eigenvalue weighted by Gasteiger charge is -2.33. The van der Waals surface area contributed by atoms with Crippen molar-refractivity contribution in [3.63, 3.8) is 0 Å². The van der Waals surface area contributed by atoms with E-state index in [1.807, 2.05) is 0 Å². The Bertz CT molecular complexity index is 342. The van der Waals surface area contributed by atoms with Gasteiger partial charge in [-0.1, -0.05) is 19.3 Å². The van der Waals surface area contributed by atoms with Crippen LogP contribution < -0.4 is 0 Å². The molecule has 4 heteroatoms. The van der Waals surface area contributed by atoms with Gasteiger partial charge in [0, 0.05) is 12.5 Å². The van der Waals surface area contributed by atoms with Crippen LogP contribution in [0.4, 0.5) is 0 Å². The Hall–Kier alpha value is -0.740. The van der Waals surface area contributed by atoms with Crippen molar-refractivity contribution in [2.75, 3.05) is 7.11 Å². The molecule has 1 aromatic heterocycles. The minimum Gasteiger partial charge on any atom is -0.371 e. The third-order valence-corrected chi connectivity index (χ3v) is 4.13. The number of aromatic nitrogens is 1. The number of nitrogens with zero attached hydrogens (tertiary/aromatic N) is 1. The molecule has 0 aliphatic heterocycles. The van der Waals surface area contributed by atoms with Crippen LogP contribution in [0.1, 0.15) is 47.6 Å². The van der Waals surface area contributed by atoms with Gasteiger partial charge in [-0.15, -0.1) is 11.3 Å². The van der Waals surface area contributed by atoms with E-state index in [1.54, 1.807) is 12.5 Å². The molecule has 0 saturated heterocycles. The maximum Gasteiger partial charge on any atom is 0.169 e. The van der Waals surface area contributed by atoms with Crippen LogP contribution in [-0.4, -0.2) is 18.4 Å². The zero-order valence-corrected chi connectivity index (χ0v) is 9.68. The molecule has 0 atom stereocenters. The SMILES string of the molecule is COC1(c2nc(C=O)cs2)CCCCC1. The average molecular weight is 225 g/mol. The van der Waals surface area contributed by atoms with Crippen LogP contribution in [0.5, 0.6) is 0 Å². The molecular weight excluding hydrogens is 210 g/mol. The summed E-state index contributed by atoms with van der Waals surface area (Å²) in [6, 6.07) is 0. The standard InChI is InChI=1S/C11H15NO2S/c1-14-11(5-3-2-4-6-11)10-12-9(7-13)8-15-10/h7-8H,2-6H2,1H3. The van der Waals surface area contributed by atoms with Crippen molar-refractivity contribution in [3.8, 4) is 0 Å². The van der Waals surface area contributed by atoms with Crippen molar-refractivity contribution in [2.24, 2.45) is 0 Å². The lowest BCUT2D eigenvalue weighted by Crippen LogP contribution is -2.30. The quantitative estimate of drug-likeness (QED) is 0.742. The first-order valence-electron chi connectivity index (χ1n) is 5.27. The predicted octanol–water partition coefficient (Wildman–Crippen LogP) is 2.76. The first kappa shape index (κ1) is 10.8. The first-order valence-corrected chi connectivity index (χ1v) is 6.15. The van der Waals surface area contributed by atoms with Gasteiger partial charge < -0.3 is 4.74 Å². The summed E-state index contributed by atoms with van der Waals surface area (Å²) in [5, 5.41) is 2.77. The van der Waals surface area contributed by atoms with E-state index >= 15 is 0 Å². The Kier molecular flexibility index (Phi) is 3.17. The van der Waals surface area contributed by atoms with Gasteiger partial charge in [0.05, 0.1) is 0 Å². The summed E-state index contributed by atoms with van der Waals surface area (Å²) in [6.07, 6.45) is 6.49. The van der Waals surface area contributed by atoms with Gasteiger partial charge in [-0.2, -0.15) is 0 Å². The Morgan fingerprint density at radius 2 is 2.20 bits per heavy atom. The molecule has 0 unspecified atom stereocenters. The van der Waals surface area contributed by atoms with E-state index in [9.17, 15) is 4.79 Å². The van der Waals surface area contributed by atoms with Crippen LogP contribution in [-0.2, 0) is 10.3 Å². The molecule has 1 heterocycles. The molecule has 3 nitrogen and oxygen atoms in total. The third kappa shape index (κ3) is 1.96. The molecule has 0 aromatic carbocycles. The molecule has 0 amide bonds. The number of hydrogen-bond donors (Lipinski definition) is 0. The van der Waals surface area contributed by atoms with Gasteiger partial charge in [-0.05, 0) is 12.8 Å². The summed E-state index contributed by atoms with van der Waals surface area (Å²) < 4.78 is 5.65. The van der Waals surface area contributed by atoms with Crippen LogP contribution in [0.3, 0.4) is 0 Å². The largest absolute Gasteiger partial charge is 0.371 e. The Balaban J connectivity index is 2.27. The molecular formula is C11H15NO2S. The van der Waals surface area contributed by atoms with Gasteiger partial charge in [0.2, 0.25) is 0 Å². The van der Waals surface area contributed by atoms with Gasteiger partial charge in [0.25, 0.3) is 0 Å². The molecule has 1 saturated carbocycles. The molecule has 0 radical (unpaired) electrons. The number of carbonyl (C=O) groups is 1. The smallest absolute Gasteiger partial charge is 0.169 e. The second kappa shape index (κ2) is 4.41. The summed E-state index contributed by atoms with van der Waals surface area (Å²) >= 11 is 1.54. The minimum atomic E-state index is -0.218. The number of methoxy groups -OCH3 is 1. The van der Waals surface area contributed by atoms with Gasteiger partial charge in [-0.3, -0.25) is 4.79 Å². The average Bonchev–Trinajstić information content (AvgIpc) is 2.79. The fourth-order valence-corrected chi connectivity index (χ4v) is 3.18. The van der Waals surface area contributed by atoms with Gasteiger partial charge in [-0.25, -0.2) is 4.98 Å². The van der Waals surface area contributed by atoms with Crippen molar-refractivity contribution in [2.45, 2.75) is 37.7 Å². The molecule has 82 valence electrons. The lowest BCUT2D eigenvalue weighted by molar-refractivity contribution is -0.0446. The van der Waals surface area contributed by atoms with E-state index in [0.717, 1.165) is 24.1 Å². The zero-order valence-electron chi connectivity index (χ0n) is 8.86. The molecule has 0 bridgehead atoms. The lowest BCUT2D eigenvalue weighted by atomic mass is 9.85. The van der Waals surface area contributed by atoms with E-state index in [0.29, 0.717) is 5.69 Å². The summed E-state index contributed by atoms with van der Waals surface area (Å²) in [7, 11) is 1.74. The number of carbonyl (C=O) groups excluding carboxylic acids is 1. The Morgan fingerprint density at radius 1 is 1.47 bits per heavy atom. The van der Waals surface area contributed by atoms with E-state index in [1.165, 1.54) is 30.6 Å². The van der Waals surface area contributed by atoms with E-state index in [-0.39, 0.29) is 5.60 Å². The monoisotopic (exact) mass is 225 g/mol. The number of aldehydes is 1. The van der Waals surface area contributed by atoms with Crippen LogP contribution in [0.2, 0.25) is 0 Å². The number of thiazole rings is 1. The molecule has 15 heavy (non-hydrogen) atoms. The zero-order chi connectivity index (χ0) is 10.7. The molecule has 1 aromatic rings. The summed E-state index contributed by atoms with van der Waals surface area (Å²) in [5.74, 6) is 0. The predicted molar refractivity (Wildman–Crippen MR) is 59.3 cm³/mol. The van der Waals surface area contributed by atoms with Crippen LogP contribution in [0.15, 0.2) is 5.38 Å². The van der Waals surface area contributed by atoms with Crippen LogP contribution in [0.25, 0.3) is 0 Å². The summed E-state index contributed by atoms with van der Waals surface area (Å²) in [4.78, 5) is 14.9. The highest BCUT2D eigenvalue weighted by Gasteiger charge is 2.36. The van der Waals surface area contributed by atoms with Crippen LogP contribution >= 0.6 is 11.3 Å². The summed E-state index contributed by atoms with van der Waals surface area (Å²) in [5.41, 5.74) is 0.307.